The summed E-state index contributed by atoms with van der Waals surface area (Å²) in [6.07, 6.45) is -4.57. The van der Waals surface area contributed by atoms with Crippen molar-refractivity contribution in [3.05, 3.63) is 27.7 Å². The van der Waals surface area contributed by atoms with Crippen LogP contribution in [0.4, 0.5) is 18.9 Å². The molecule has 0 radical (unpaired) electrons. The van der Waals surface area contributed by atoms with Gasteiger partial charge in [0.25, 0.3) is 0 Å². The summed E-state index contributed by atoms with van der Waals surface area (Å²) in [6.45, 7) is 1.05. The van der Waals surface area contributed by atoms with E-state index >= 15 is 0 Å². The molecule has 82 valence electrons. The van der Waals surface area contributed by atoms with Gasteiger partial charge in [-0.15, -0.1) is 0 Å². The summed E-state index contributed by atoms with van der Waals surface area (Å²) in [5.74, 6) is -0.707. The lowest BCUT2D eigenvalue weighted by Gasteiger charge is -2.13. The average Bonchev–Trinajstić information content (AvgIpc) is 2.06. The van der Waals surface area contributed by atoms with Gasteiger partial charge in [0.15, 0.2) is 5.78 Å². The Balaban J connectivity index is 3.55. The lowest BCUT2D eigenvalue weighted by Crippen LogP contribution is -2.14. The van der Waals surface area contributed by atoms with Crippen LogP contribution < -0.4 is 5.73 Å². The molecule has 0 atom stereocenters. The number of benzene rings is 1. The molecule has 1 aromatic rings. The van der Waals surface area contributed by atoms with Crippen molar-refractivity contribution < 1.29 is 18.0 Å². The smallest absolute Gasteiger partial charge is 0.397 e. The Morgan fingerprint density at radius 2 is 1.93 bits per heavy atom. The quantitative estimate of drug-likeness (QED) is 0.634. The number of nitrogens with two attached hydrogens (primary N) is 1. The molecule has 0 amide bonds. The predicted octanol–water partition coefficient (Wildman–Crippen LogP) is 3.25. The van der Waals surface area contributed by atoms with Gasteiger partial charge in [0, 0.05) is 4.47 Å². The molecular formula is C9H7BrF3NO. The van der Waals surface area contributed by atoms with Crippen molar-refractivity contribution in [2.75, 3.05) is 5.73 Å². The minimum Gasteiger partial charge on any atom is -0.397 e. The first kappa shape index (κ1) is 12.0. The number of halogens is 4. The van der Waals surface area contributed by atoms with Crippen LogP contribution in [0.15, 0.2) is 16.6 Å². The van der Waals surface area contributed by atoms with Crippen LogP contribution in [-0.4, -0.2) is 5.78 Å². The monoisotopic (exact) mass is 281 g/mol. The van der Waals surface area contributed by atoms with E-state index in [4.69, 9.17) is 5.73 Å². The van der Waals surface area contributed by atoms with Crippen LogP contribution in [0.25, 0.3) is 0 Å². The van der Waals surface area contributed by atoms with E-state index in [-0.39, 0.29) is 10.2 Å². The molecule has 0 bridgehead atoms. The third kappa shape index (κ3) is 2.31. The van der Waals surface area contributed by atoms with Crippen LogP contribution in [0, 0.1) is 0 Å². The summed E-state index contributed by atoms with van der Waals surface area (Å²) in [5, 5.41) is 0. The SMILES string of the molecule is CC(=O)c1c(C(F)(F)F)ccc(Br)c1N. The molecule has 0 unspecified atom stereocenters. The van der Waals surface area contributed by atoms with E-state index in [2.05, 4.69) is 15.9 Å². The first-order chi connectivity index (χ1) is 6.75. The number of carbonyl (C=O) groups excluding carboxylic acids is 1. The van der Waals surface area contributed by atoms with Gasteiger partial charge in [0.2, 0.25) is 0 Å². The van der Waals surface area contributed by atoms with E-state index < -0.39 is 23.1 Å². The third-order valence-corrected chi connectivity index (χ3v) is 2.54. The highest BCUT2D eigenvalue weighted by Crippen LogP contribution is 2.37. The highest BCUT2D eigenvalue weighted by molar-refractivity contribution is 9.10. The van der Waals surface area contributed by atoms with E-state index in [0.717, 1.165) is 13.0 Å². The summed E-state index contributed by atoms with van der Waals surface area (Å²) < 4.78 is 37.8. The van der Waals surface area contributed by atoms with E-state index in [1.807, 2.05) is 0 Å². The van der Waals surface area contributed by atoms with Crippen molar-refractivity contribution in [2.45, 2.75) is 13.1 Å². The number of rotatable bonds is 1. The van der Waals surface area contributed by atoms with Crippen LogP contribution >= 0.6 is 15.9 Å². The lowest BCUT2D eigenvalue weighted by atomic mass is 10.0. The zero-order valence-corrected chi connectivity index (χ0v) is 9.24. The topological polar surface area (TPSA) is 43.1 Å². The van der Waals surface area contributed by atoms with Crippen LogP contribution in [0.1, 0.15) is 22.8 Å². The summed E-state index contributed by atoms with van der Waals surface area (Å²) in [6, 6.07) is 2.00. The number of hydrogen-bond donors (Lipinski definition) is 1. The average molecular weight is 282 g/mol. The summed E-state index contributed by atoms with van der Waals surface area (Å²) in [4.78, 5) is 11.1. The molecule has 1 rings (SSSR count). The van der Waals surface area contributed by atoms with Crippen LogP contribution in [0.5, 0.6) is 0 Å². The molecule has 2 N–H and O–H groups in total. The van der Waals surface area contributed by atoms with E-state index in [0.29, 0.717) is 0 Å². The molecular weight excluding hydrogens is 275 g/mol. The molecule has 0 heterocycles. The number of carbonyl (C=O) groups is 1. The maximum absolute atomic E-state index is 12.5. The number of nitrogen functional groups attached to an aromatic ring is 1. The van der Waals surface area contributed by atoms with Crippen LogP contribution in [-0.2, 0) is 6.18 Å². The van der Waals surface area contributed by atoms with Crippen molar-refractivity contribution in [3.63, 3.8) is 0 Å². The molecule has 0 aliphatic rings. The zero-order valence-electron chi connectivity index (χ0n) is 7.65. The second-order valence-corrected chi connectivity index (χ2v) is 3.79. The first-order valence-electron chi connectivity index (χ1n) is 3.91. The van der Waals surface area contributed by atoms with Crippen molar-refractivity contribution >= 4 is 27.4 Å². The van der Waals surface area contributed by atoms with Gasteiger partial charge in [-0.25, -0.2) is 0 Å². The minimum atomic E-state index is -4.57. The molecule has 0 spiro atoms. The van der Waals surface area contributed by atoms with Crippen molar-refractivity contribution in [2.24, 2.45) is 0 Å². The van der Waals surface area contributed by atoms with E-state index in [1.165, 1.54) is 6.07 Å². The van der Waals surface area contributed by atoms with Gasteiger partial charge >= 0.3 is 6.18 Å². The normalized spacial score (nSPS) is 11.5. The number of hydrogen-bond acceptors (Lipinski definition) is 2. The summed E-state index contributed by atoms with van der Waals surface area (Å²) in [5.41, 5.74) is 3.74. The standard InChI is InChI=1S/C9H7BrF3NO/c1-4(15)7-5(9(11,12)13)2-3-6(10)8(7)14/h2-3H,14H2,1H3. The molecule has 15 heavy (non-hydrogen) atoms. The second-order valence-electron chi connectivity index (χ2n) is 2.94. The fraction of sp³-hybridized carbons (Fsp3) is 0.222. The van der Waals surface area contributed by atoms with Gasteiger partial charge in [-0.05, 0) is 35.0 Å². The van der Waals surface area contributed by atoms with Gasteiger partial charge in [0.1, 0.15) is 0 Å². The Hall–Kier alpha value is -1.04. The molecule has 2 nitrogen and oxygen atoms in total. The van der Waals surface area contributed by atoms with Crippen molar-refractivity contribution in [1.29, 1.82) is 0 Å². The maximum atomic E-state index is 12.5. The maximum Gasteiger partial charge on any atom is 0.417 e. The van der Waals surface area contributed by atoms with Crippen LogP contribution in [0.3, 0.4) is 0 Å². The first-order valence-corrected chi connectivity index (χ1v) is 4.70. The minimum absolute atomic E-state index is 0.183. The molecule has 0 aliphatic heterocycles. The van der Waals surface area contributed by atoms with Gasteiger partial charge < -0.3 is 5.73 Å². The fourth-order valence-electron chi connectivity index (χ4n) is 1.21. The summed E-state index contributed by atoms with van der Waals surface area (Å²) >= 11 is 2.97. The molecule has 0 aliphatic carbocycles. The van der Waals surface area contributed by atoms with E-state index in [9.17, 15) is 18.0 Å². The summed E-state index contributed by atoms with van der Waals surface area (Å²) in [7, 11) is 0. The molecule has 0 aromatic heterocycles. The van der Waals surface area contributed by atoms with Gasteiger partial charge in [0.05, 0.1) is 16.8 Å². The van der Waals surface area contributed by atoms with E-state index in [1.54, 1.807) is 0 Å². The molecule has 1 aromatic carbocycles. The highest BCUT2D eigenvalue weighted by Gasteiger charge is 2.35. The number of ketones is 1. The number of anilines is 1. The number of alkyl halides is 3. The van der Waals surface area contributed by atoms with Crippen molar-refractivity contribution in [1.82, 2.24) is 0 Å². The van der Waals surface area contributed by atoms with Crippen LogP contribution in [0.2, 0.25) is 0 Å². The third-order valence-electron chi connectivity index (χ3n) is 1.85. The highest BCUT2D eigenvalue weighted by atomic mass is 79.9. The van der Waals surface area contributed by atoms with Gasteiger partial charge in [-0.1, -0.05) is 0 Å². The Morgan fingerprint density at radius 3 is 2.33 bits per heavy atom. The van der Waals surface area contributed by atoms with Crippen molar-refractivity contribution in [3.8, 4) is 0 Å². The molecule has 0 saturated heterocycles. The predicted molar refractivity (Wildman–Crippen MR) is 53.6 cm³/mol. The second kappa shape index (κ2) is 3.84. The molecule has 0 fully saturated rings. The lowest BCUT2D eigenvalue weighted by molar-refractivity contribution is -0.137. The molecule has 6 heteroatoms. The Labute approximate surface area is 92.4 Å². The van der Waals surface area contributed by atoms with Gasteiger partial charge in [-0.2, -0.15) is 13.2 Å². The Kier molecular flexibility index (Phi) is 3.08. The zero-order chi connectivity index (χ0) is 11.8. The Morgan fingerprint density at radius 1 is 1.40 bits per heavy atom. The largest absolute Gasteiger partial charge is 0.417 e. The number of Topliss-reactive ketones (excluding diaryl/α,β-unsaturated/α-hetero) is 1. The Bertz CT molecular complexity index is 415. The molecule has 0 saturated carbocycles. The van der Waals surface area contributed by atoms with Gasteiger partial charge in [-0.3, -0.25) is 4.79 Å². The fourth-order valence-corrected chi connectivity index (χ4v) is 1.54.